The molecule has 1 aromatic rings. The number of hydrogen-bond acceptors (Lipinski definition) is 5. The van der Waals surface area contributed by atoms with Crippen LogP contribution in [0.2, 0.25) is 0 Å². The molecule has 1 amide bonds. The summed E-state index contributed by atoms with van der Waals surface area (Å²) in [4.78, 5) is 21.4. The molecule has 0 spiro atoms. The van der Waals surface area contributed by atoms with E-state index in [0.29, 0.717) is 6.54 Å². The van der Waals surface area contributed by atoms with Crippen molar-refractivity contribution >= 4 is 22.4 Å². The number of aliphatic hydroxyl groups is 1. The fourth-order valence-corrected chi connectivity index (χ4v) is 3.27. The Hall–Kier alpha value is -1.14. The van der Waals surface area contributed by atoms with Crippen molar-refractivity contribution in [2.45, 2.75) is 19.8 Å². The fourth-order valence-electron chi connectivity index (χ4n) is 2.31. The lowest BCUT2D eigenvalue weighted by Crippen LogP contribution is -2.40. The molecular weight excluding hydrogens is 262 g/mol. The van der Waals surface area contributed by atoms with E-state index in [2.05, 4.69) is 4.98 Å². The van der Waals surface area contributed by atoms with Crippen LogP contribution in [0.1, 0.15) is 28.2 Å². The first-order valence-corrected chi connectivity index (χ1v) is 7.39. The van der Waals surface area contributed by atoms with Gasteiger partial charge in [0.1, 0.15) is 4.88 Å². The van der Waals surface area contributed by atoms with Gasteiger partial charge in [-0.25, -0.2) is 4.98 Å². The third-order valence-electron chi connectivity index (χ3n) is 3.43. The molecule has 1 unspecified atom stereocenters. The van der Waals surface area contributed by atoms with Crippen molar-refractivity contribution in [2.75, 3.05) is 38.7 Å². The van der Waals surface area contributed by atoms with Crippen LogP contribution in [0.15, 0.2) is 0 Å². The van der Waals surface area contributed by atoms with Gasteiger partial charge in [-0.3, -0.25) is 4.79 Å². The molecule has 1 saturated heterocycles. The number of hydrogen-bond donors (Lipinski definition) is 1. The maximum absolute atomic E-state index is 12.5. The third-order valence-corrected chi connectivity index (χ3v) is 4.74. The van der Waals surface area contributed by atoms with Gasteiger partial charge in [-0.1, -0.05) is 11.3 Å². The number of piperidine rings is 1. The first-order chi connectivity index (χ1) is 9.02. The zero-order chi connectivity index (χ0) is 14.0. The monoisotopic (exact) mass is 283 g/mol. The van der Waals surface area contributed by atoms with Gasteiger partial charge in [-0.05, 0) is 25.7 Å². The molecule has 0 bridgehead atoms. The average molecular weight is 283 g/mol. The van der Waals surface area contributed by atoms with E-state index in [1.54, 1.807) is 0 Å². The van der Waals surface area contributed by atoms with Crippen LogP contribution >= 0.6 is 11.3 Å². The van der Waals surface area contributed by atoms with Crippen LogP contribution in [0.4, 0.5) is 5.13 Å². The number of carbonyl (C=O) groups excluding carboxylic acids is 1. The highest BCUT2D eigenvalue weighted by atomic mass is 32.1. The van der Waals surface area contributed by atoms with E-state index in [9.17, 15) is 9.90 Å². The molecule has 0 saturated carbocycles. The van der Waals surface area contributed by atoms with Crippen LogP contribution < -0.4 is 4.90 Å². The van der Waals surface area contributed by atoms with Gasteiger partial charge in [0.15, 0.2) is 5.13 Å². The Balaban J connectivity index is 2.14. The minimum atomic E-state index is 0.0567. The topological polar surface area (TPSA) is 56.7 Å². The van der Waals surface area contributed by atoms with E-state index in [0.717, 1.165) is 35.1 Å². The summed E-state index contributed by atoms with van der Waals surface area (Å²) < 4.78 is 0. The van der Waals surface area contributed by atoms with E-state index in [1.165, 1.54) is 11.3 Å². The Morgan fingerprint density at radius 3 is 2.89 bits per heavy atom. The molecule has 1 aliphatic rings. The number of likely N-dealkylation sites (tertiary alicyclic amines) is 1. The van der Waals surface area contributed by atoms with E-state index >= 15 is 0 Å². The number of nitrogens with zero attached hydrogens (tertiary/aromatic N) is 3. The summed E-state index contributed by atoms with van der Waals surface area (Å²) >= 11 is 1.44. The van der Waals surface area contributed by atoms with Gasteiger partial charge in [-0.2, -0.15) is 0 Å². The molecule has 1 fully saturated rings. The Morgan fingerprint density at radius 2 is 2.32 bits per heavy atom. The number of amides is 1. The summed E-state index contributed by atoms with van der Waals surface area (Å²) in [5.41, 5.74) is 0.796. The number of carbonyl (C=O) groups is 1. The number of aromatic nitrogens is 1. The molecule has 2 rings (SSSR count). The Labute approximate surface area is 117 Å². The summed E-state index contributed by atoms with van der Waals surface area (Å²) in [6.07, 6.45) is 1.97. The van der Waals surface area contributed by atoms with Crippen LogP contribution in [-0.2, 0) is 0 Å². The lowest BCUT2D eigenvalue weighted by Gasteiger charge is -2.31. The van der Waals surface area contributed by atoms with Crippen LogP contribution in [0, 0.1) is 12.8 Å². The second kappa shape index (κ2) is 5.88. The first-order valence-electron chi connectivity index (χ1n) is 6.57. The van der Waals surface area contributed by atoms with Crippen molar-refractivity contribution < 1.29 is 9.90 Å². The van der Waals surface area contributed by atoms with Gasteiger partial charge in [0.25, 0.3) is 5.91 Å². The van der Waals surface area contributed by atoms with E-state index < -0.39 is 0 Å². The van der Waals surface area contributed by atoms with Gasteiger partial charge < -0.3 is 14.9 Å². The predicted octanol–water partition coefficient (Wildman–Crippen LogP) is 1.36. The molecule has 19 heavy (non-hydrogen) atoms. The van der Waals surface area contributed by atoms with Gasteiger partial charge in [0.2, 0.25) is 0 Å². The van der Waals surface area contributed by atoms with Crippen LogP contribution in [0.25, 0.3) is 0 Å². The summed E-state index contributed by atoms with van der Waals surface area (Å²) in [6.45, 7) is 3.48. The Kier molecular flexibility index (Phi) is 4.42. The maximum atomic E-state index is 12.5. The molecular formula is C13H21N3O2S. The first kappa shape index (κ1) is 14.3. The molecule has 1 atom stereocenters. The second-order valence-corrected chi connectivity index (χ2v) is 6.22. The lowest BCUT2D eigenvalue weighted by atomic mass is 9.99. The summed E-state index contributed by atoms with van der Waals surface area (Å²) in [7, 11) is 3.85. The third kappa shape index (κ3) is 3.06. The predicted molar refractivity (Wildman–Crippen MR) is 76.9 cm³/mol. The van der Waals surface area contributed by atoms with Gasteiger partial charge in [-0.15, -0.1) is 0 Å². The van der Waals surface area contributed by atoms with E-state index in [4.69, 9.17) is 0 Å². The Bertz CT molecular complexity index is 459. The van der Waals surface area contributed by atoms with Crippen LogP contribution in [0.3, 0.4) is 0 Å². The quantitative estimate of drug-likeness (QED) is 0.910. The molecule has 0 aliphatic carbocycles. The zero-order valence-electron chi connectivity index (χ0n) is 11.7. The number of aliphatic hydroxyl groups excluding tert-OH is 1. The molecule has 6 heteroatoms. The average Bonchev–Trinajstić information content (AvgIpc) is 2.80. The number of rotatable bonds is 3. The highest BCUT2D eigenvalue weighted by molar-refractivity contribution is 7.17. The van der Waals surface area contributed by atoms with Crippen molar-refractivity contribution in [1.82, 2.24) is 9.88 Å². The number of anilines is 1. The molecule has 106 valence electrons. The smallest absolute Gasteiger partial charge is 0.265 e. The lowest BCUT2D eigenvalue weighted by molar-refractivity contribution is 0.0624. The fraction of sp³-hybridized carbons (Fsp3) is 0.692. The molecule has 0 aromatic carbocycles. The Morgan fingerprint density at radius 1 is 1.58 bits per heavy atom. The highest BCUT2D eigenvalue weighted by Gasteiger charge is 2.27. The molecule has 1 N–H and O–H groups in total. The van der Waals surface area contributed by atoms with Crippen molar-refractivity contribution in [3.05, 3.63) is 10.6 Å². The minimum Gasteiger partial charge on any atom is -0.396 e. The summed E-state index contributed by atoms with van der Waals surface area (Å²) in [6, 6.07) is 0. The van der Waals surface area contributed by atoms with Crippen molar-refractivity contribution in [2.24, 2.45) is 5.92 Å². The SMILES string of the molecule is Cc1nc(N(C)C)sc1C(=O)N1CCCC(CO)C1. The van der Waals surface area contributed by atoms with Crippen molar-refractivity contribution in [3.8, 4) is 0 Å². The largest absolute Gasteiger partial charge is 0.396 e. The van der Waals surface area contributed by atoms with Crippen molar-refractivity contribution in [3.63, 3.8) is 0 Å². The summed E-state index contributed by atoms with van der Waals surface area (Å²) in [5.74, 6) is 0.278. The van der Waals surface area contributed by atoms with E-state index in [-0.39, 0.29) is 18.4 Å². The zero-order valence-corrected chi connectivity index (χ0v) is 12.5. The van der Waals surface area contributed by atoms with Gasteiger partial charge in [0.05, 0.1) is 5.69 Å². The van der Waals surface area contributed by atoms with E-state index in [1.807, 2.05) is 30.8 Å². The molecule has 1 aromatic heterocycles. The molecule has 0 radical (unpaired) electrons. The number of aryl methyl sites for hydroxylation is 1. The van der Waals surface area contributed by atoms with Gasteiger partial charge in [0, 0.05) is 33.8 Å². The standard InChI is InChI=1S/C13H21N3O2S/c1-9-11(19-13(14-9)15(2)3)12(18)16-6-4-5-10(7-16)8-17/h10,17H,4-8H2,1-3H3. The molecule has 5 nitrogen and oxygen atoms in total. The van der Waals surface area contributed by atoms with Crippen LogP contribution in [0.5, 0.6) is 0 Å². The summed E-state index contributed by atoms with van der Waals surface area (Å²) in [5, 5.41) is 10.1. The maximum Gasteiger partial charge on any atom is 0.265 e. The molecule has 1 aliphatic heterocycles. The van der Waals surface area contributed by atoms with Crippen molar-refractivity contribution in [1.29, 1.82) is 0 Å². The van der Waals surface area contributed by atoms with Gasteiger partial charge >= 0.3 is 0 Å². The van der Waals surface area contributed by atoms with Crippen LogP contribution in [-0.4, -0.2) is 54.7 Å². The minimum absolute atomic E-state index is 0.0567. The second-order valence-electron chi connectivity index (χ2n) is 5.25. The molecule has 2 heterocycles. The normalized spacial score (nSPS) is 19.6. The highest BCUT2D eigenvalue weighted by Crippen LogP contribution is 2.27. The number of thiazole rings is 1.